The molecule has 0 radical (unpaired) electrons. The third-order valence-electron chi connectivity index (χ3n) is 9.58. The summed E-state index contributed by atoms with van der Waals surface area (Å²) in [6.07, 6.45) is 1.80. The van der Waals surface area contributed by atoms with Gasteiger partial charge in [-0.1, -0.05) is 152 Å². The predicted molar refractivity (Wildman–Crippen MR) is 201 cm³/mol. The number of fused-ring (bicyclic) bond motifs is 8. The monoisotopic (exact) mass is 625 g/mol. The molecule has 0 N–H and O–H groups in total. The van der Waals surface area contributed by atoms with Crippen LogP contribution in [-0.4, -0.2) is 15.0 Å². The molecular weight excluding hydrogens is 599 g/mol. The van der Waals surface area contributed by atoms with Gasteiger partial charge in [-0.25, -0.2) is 15.0 Å². The highest BCUT2D eigenvalue weighted by atomic mass is 16.3. The molecule has 10 rings (SSSR count). The number of benzene rings is 8. The van der Waals surface area contributed by atoms with E-state index in [1.165, 1.54) is 27.3 Å². The molecule has 0 atom stereocenters. The van der Waals surface area contributed by atoms with Gasteiger partial charge in [-0.2, -0.15) is 0 Å². The van der Waals surface area contributed by atoms with Crippen molar-refractivity contribution in [3.8, 4) is 45.3 Å². The molecule has 10 aromatic rings. The summed E-state index contributed by atoms with van der Waals surface area (Å²) < 4.78 is 6.05. The lowest BCUT2D eigenvalue weighted by molar-refractivity contribution is 0.619. The number of furan rings is 1. The normalized spacial score (nSPS) is 11.7. The fourth-order valence-corrected chi connectivity index (χ4v) is 7.48. The molecule has 4 nitrogen and oxygen atoms in total. The quantitative estimate of drug-likeness (QED) is 0.144. The molecule has 49 heavy (non-hydrogen) atoms. The lowest BCUT2D eigenvalue weighted by atomic mass is 9.85. The molecule has 8 aromatic carbocycles. The van der Waals surface area contributed by atoms with Gasteiger partial charge in [-0.15, -0.1) is 0 Å². The molecule has 0 unspecified atom stereocenters. The van der Waals surface area contributed by atoms with E-state index in [0.29, 0.717) is 17.5 Å². The van der Waals surface area contributed by atoms with Gasteiger partial charge in [0.2, 0.25) is 0 Å². The Balaban J connectivity index is 1.34. The minimum absolute atomic E-state index is 0.645. The Bertz CT molecular complexity index is 2760. The summed E-state index contributed by atoms with van der Waals surface area (Å²) in [5.74, 6) is 1.94. The van der Waals surface area contributed by atoms with Crippen LogP contribution >= 0.6 is 0 Å². The van der Waals surface area contributed by atoms with Gasteiger partial charge in [0, 0.05) is 27.5 Å². The van der Waals surface area contributed by atoms with Gasteiger partial charge in [0.05, 0.1) is 6.26 Å². The highest BCUT2D eigenvalue weighted by Gasteiger charge is 2.22. The number of rotatable bonds is 4. The summed E-state index contributed by atoms with van der Waals surface area (Å²) >= 11 is 0. The lowest BCUT2D eigenvalue weighted by Gasteiger charge is -2.19. The fourth-order valence-electron chi connectivity index (χ4n) is 7.48. The van der Waals surface area contributed by atoms with E-state index in [1.54, 1.807) is 6.26 Å². The molecule has 0 aliphatic rings. The number of aromatic nitrogens is 3. The summed E-state index contributed by atoms with van der Waals surface area (Å²) in [4.78, 5) is 15.4. The molecule has 0 saturated heterocycles. The first kappa shape index (κ1) is 27.5. The Morgan fingerprint density at radius 3 is 1.33 bits per heavy atom. The van der Waals surface area contributed by atoms with Crippen molar-refractivity contribution in [1.82, 2.24) is 15.0 Å². The Morgan fingerprint density at radius 2 is 0.755 bits per heavy atom. The molecule has 2 aromatic heterocycles. The van der Waals surface area contributed by atoms with Crippen molar-refractivity contribution in [3.05, 3.63) is 164 Å². The van der Waals surface area contributed by atoms with E-state index in [9.17, 15) is 0 Å². The predicted octanol–water partition coefficient (Wildman–Crippen LogP) is 11.9. The smallest absolute Gasteiger partial charge is 0.165 e. The number of hydrogen-bond acceptors (Lipinski definition) is 4. The second-order valence-electron chi connectivity index (χ2n) is 12.3. The van der Waals surface area contributed by atoms with E-state index in [0.717, 1.165) is 54.6 Å². The molecule has 228 valence electrons. The van der Waals surface area contributed by atoms with E-state index < -0.39 is 0 Å². The van der Waals surface area contributed by atoms with Crippen molar-refractivity contribution >= 4 is 54.1 Å². The topological polar surface area (TPSA) is 51.8 Å². The molecule has 0 amide bonds. The van der Waals surface area contributed by atoms with Gasteiger partial charge in [-0.3, -0.25) is 0 Å². The molecule has 0 bridgehead atoms. The lowest BCUT2D eigenvalue weighted by Crippen LogP contribution is -2.01. The zero-order valence-corrected chi connectivity index (χ0v) is 26.3. The third kappa shape index (κ3) is 4.28. The first-order valence-electron chi connectivity index (χ1n) is 16.5. The molecule has 0 fully saturated rings. The Kier molecular flexibility index (Phi) is 6.15. The van der Waals surface area contributed by atoms with Crippen molar-refractivity contribution in [2.24, 2.45) is 0 Å². The van der Waals surface area contributed by atoms with E-state index in [4.69, 9.17) is 19.4 Å². The second kappa shape index (κ2) is 11.0. The van der Waals surface area contributed by atoms with E-state index >= 15 is 0 Å². The highest BCUT2D eigenvalue weighted by molar-refractivity contribution is 6.30. The van der Waals surface area contributed by atoms with Crippen molar-refractivity contribution in [3.63, 3.8) is 0 Å². The maximum Gasteiger partial charge on any atom is 0.165 e. The summed E-state index contributed by atoms with van der Waals surface area (Å²) in [6.45, 7) is 0. The number of hydrogen-bond donors (Lipinski definition) is 0. The standard InChI is InChI=1S/C45H27N3O/c1-3-14-28(15-4-1)43-46-44(29-16-5-2-6-17-29)48-45(47-43)41-32-20-9-7-18-30(32)39(31-19-8-10-21-33(31)41)38-25-13-24-35-37-26-27-49-42(37)36-23-12-11-22-34(36)40(35)38/h1-27H. The molecular formula is C45H27N3O. The molecule has 0 spiro atoms. The first-order chi connectivity index (χ1) is 24.3. The van der Waals surface area contributed by atoms with Gasteiger partial charge >= 0.3 is 0 Å². The Morgan fingerprint density at radius 1 is 0.327 bits per heavy atom. The first-order valence-corrected chi connectivity index (χ1v) is 16.5. The van der Waals surface area contributed by atoms with Gasteiger partial charge in [0.1, 0.15) is 5.58 Å². The summed E-state index contributed by atoms with van der Waals surface area (Å²) in [6, 6.07) is 54.9. The third-order valence-corrected chi connectivity index (χ3v) is 9.58. The van der Waals surface area contributed by atoms with Crippen LogP contribution in [0.4, 0.5) is 0 Å². The largest absolute Gasteiger partial charge is 0.464 e. The maximum absolute atomic E-state index is 6.05. The van der Waals surface area contributed by atoms with E-state index in [1.807, 2.05) is 36.4 Å². The molecule has 0 aliphatic carbocycles. The van der Waals surface area contributed by atoms with Crippen LogP contribution in [0.2, 0.25) is 0 Å². The van der Waals surface area contributed by atoms with Crippen LogP contribution in [0.5, 0.6) is 0 Å². The molecule has 2 heterocycles. The summed E-state index contributed by atoms with van der Waals surface area (Å²) in [7, 11) is 0. The Hall–Kier alpha value is -6.65. The molecule has 0 aliphatic heterocycles. The van der Waals surface area contributed by atoms with Crippen LogP contribution in [0.25, 0.3) is 99.3 Å². The van der Waals surface area contributed by atoms with Crippen LogP contribution in [-0.2, 0) is 0 Å². The van der Waals surface area contributed by atoms with Crippen LogP contribution in [0.3, 0.4) is 0 Å². The van der Waals surface area contributed by atoms with Crippen LogP contribution in [0.15, 0.2) is 168 Å². The van der Waals surface area contributed by atoms with Gasteiger partial charge in [0.25, 0.3) is 0 Å². The van der Waals surface area contributed by atoms with Crippen molar-refractivity contribution in [2.75, 3.05) is 0 Å². The zero-order valence-electron chi connectivity index (χ0n) is 26.3. The van der Waals surface area contributed by atoms with Gasteiger partial charge in [0.15, 0.2) is 17.5 Å². The SMILES string of the molecule is c1ccc(-c2nc(-c3ccccc3)nc(-c3c4ccccc4c(-c4cccc5c6ccoc6c6ccccc6c45)c4ccccc34)n2)cc1. The van der Waals surface area contributed by atoms with Gasteiger partial charge < -0.3 is 4.42 Å². The van der Waals surface area contributed by atoms with Crippen molar-refractivity contribution < 1.29 is 4.42 Å². The molecule has 4 heteroatoms. The van der Waals surface area contributed by atoms with Crippen LogP contribution in [0.1, 0.15) is 0 Å². The van der Waals surface area contributed by atoms with Crippen molar-refractivity contribution in [2.45, 2.75) is 0 Å². The Labute approximate surface area is 282 Å². The summed E-state index contributed by atoms with van der Waals surface area (Å²) in [5, 5.41) is 10.3. The van der Waals surface area contributed by atoms with Crippen LogP contribution in [0, 0.1) is 0 Å². The average molecular weight is 626 g/mol. The fraction of sp³-hybridized carbons (Fsp3) is 0. The summed E-state index contributed by atoms with van der Waals surface area (Å²) in [5.41, 5.74) is 6.18. The van der Waals surface area contributed by atoms with Crippen molar-refractivity contribution in [1.29, 1.82) is 0 Å². The minimum Gasteiger partial charge on any atom is -0.464 e. The van der Waals surface area contributed by atoms with E-state index in [-0.39, 0.29) is 0 Å². The van der Waals surface area contributed by atoms with E-state index in [2.05, 4.69) is 121 Å². The van der Waals surface area contributed by atoms with Gasteiger partial charge in [-0.05, 0) is 54.9 Å². The highest BCUT2D eigenvalue weighted by Crippen LogP contribution is 2.47. The molecule has 0 saturated carbocycles. The maximum atomic E-state index is 6.05. The average Bonchev–Trinajstić information content (AvgIpc) is 3.68. The van der Waals surface area contributed by atoms with Crippen LogP contribution < -0.4 is 0 Å². The second-order valence-corrected chi connectivity index (χ2v) is 12.3. The minimum atomic E-state index is 0.645. The zero-order chi connectivity index (χ0) is 32.3. The number of nitrogens with zero attached hydrogens (tertiary/aromatic N) is 3.